The second kappa shape index (κ2) is 10.2. The highest BCUT2D eigenvalue weighted by Gasteiger charge is 2.51. The monoisotopic (exact) mass is 525 g/mol. The zero-order valence-electron chi connectivity index (χ0n) is 19.4. The molecule has 2 saturated heterocycles. The molecule has 3 aliphatic rings. The van der Waals surface area contributed by atoms with Gasteiger partial charge in [0.2, 0.25) is 21.8 Å². The minimum absolute atomic E-state index is 0.0978. The lowest BCUT2D eigenvalue weighted by Crippen LogP contribution is -2.51. The van der Waals surface area contributed by atoms with E-state index in [1.165, 1.54) is 40.4 Å². The van der Waals surface area contributed by atoms with Crippen molar-refractivity contribution in [1.29, 1.82) is 0 Å². The number of esters is 1. The number of likely N-dealkylation sites (tertiary alicyclic amines) is 1. The van der Waals surface area contributed by atoms with Gasteiger partial charge in [0.15, 0.2) is 6.61 Å². The van der Waals surface area contributed by atoms with Crippen LogP contribution in [0.3, 0.4) is 0 Å². The number of halogens is 1. The van der Waals surface area contributed by atoms with E-state index in [1.54, 1.807) is 0 Å². The molecule has 1 aromatic carbocycles. The van der Waals surface area contributed by atoms with Crippen molar-refractivity contribution in [3.63, 3.8) is 0 Å². The molecule has 10 nitrogen and oxygen atoms in total. The topological polar surface area (TPSA) is 121 Å². The van der Waals surface area contributed by atoms with Gasteiger partial charge in [0, 0.05) is 31.2 Å². The molecule has 3 amide bonds. The van der Waals surface area contributed by atoms with Crippen LogP contribution < -0.4 is 0 Å². The molecule has 0 N–H and O–H groups in total. The summed E-state index contributed by atoms with van der Waals surface area (Å²) in [5.41, 5.74) is 0. The molecule has 2 unspecified atom stereocenters. The zero-order valence-corrected chi connectivity index (χ0v) is 21.0. The molecule has 190 valence electrons. The summed E-state index contributed by atoms with van der Waals surface area (Å²) in [4.78, 5) is 53.0. The minimum atomic E-state index is -3.71. The highest BCUT2D eigenvalue weighted by Crippen LogP contribution is 2.38. The summed E-state index contributed by atoms with van der Waals surface area (Å²) in [7, 11) is -3.71. The third-order valence-corrected chi connectivity index (χ3v) is 9.15. The molecule has 1 aromatic rings. The third kappa shape index (κ3) is 5.07. The summed E-state index contributed by atoms with van der Waals surface area (Å²) in [5.74, 6) is -2.70. The van der Waals surface area contributed by atoms with Crippen LogP contribution in [0.15, 0.2) is 29.2 Å². The highest BCUT2D eigenvalue weighted by molar-refractivity contribution is 7.89. The number of nitrogens with zero attached hydrogens (tertiary/aromatic N) is 3. The fourth-order valence-electron chi connectivity index (χ4n) is 4.95. The summed E-state index contributed by atoms with van der Waals surface area (Å²) < 4.78 is 32.0. The molecule has 12 heteroatoms. The maximum absolute atomic E-state index is 12.8. The van der Waals surface area contributed by atoms with Crippen LogP contribution in [0.25, 0.3) is 0 Å². The largest absolute Gasteiger partial charge is 0.454 e. The molecule has 35 heavy (non-hydrogen) atoms. The van der Waals surface area contributed by atoms with Crippen LogP contribution in [-0.4, -0.2) is 85.0 Å². The van der Waals surface area contributed by atoms with Gasteiger partial charge in [0.25, 0.3) is 5.91 Å². The van der Waals surface area contributed by atoms with Crippen LogP contribution in [0.5, 0.6) is 0 Å². The summed E-state index contributed by atoms with van der Waals surface area (Å²) in [6, 6.07) is 4.76. The van der Waals surface area contributed by atoms with Crippen molar-refractivity contribution >= 4 is 45.3 Å². The van der Waals surface area contributed by atoms with Gasteiger partial charge in [0.05, 0.1) is 16.7 Å². The van der Waals surface area contributed by atoms with Crippen LogP contribution in [0.1, 0.15) is 32.6 Å². The van der Waals surface area contributed by atoms with Gasteiger partial charge >= 0.3 is 5.97 Å². The molecule has 0 aromatic heterocycles. The fraction of sp³-hybridized carbons (Fsp3) is 0.565. The Morgan fingerprint density at radius 2 is 1.54 bits per heavy atom. The van der Waals surface area contributed by atoms with E-state index in [9.17, 15) is 27.6 Å². The zero-order chi connectivity index (χ0) is 25.3. The van der Waals surface area contributed by atoms with Crippen molar-refractivity contribution in [1.82, 2.24) is 14.1 Å². The number of benzene rings is 1. The average Bonchev–Trinajstić information content (AvgIpc) is 3.12. The number of rotatable bonds is 6. The molecular weight excluding hydrogens is 498 g/mol. The van der Waals surface area contributed by atoms with Gasteiger partial charge in [-0.05, 0) is 44.0 Å². The van der Waals surface area contributed by atoms with Crippen molar-refractivity contribution in [2.75, 3.05) is 32.8 Å². The van der Waals surface area contributed by atoms with Gasteiger partial charge in [0.1, 0.15) is 6.04 Å². The highest BCUT2D eigenvalue weighted by atomic mass is 35.5. The van der Waals surface area contributed by atoms with E-state index >= 15 is 0 Å². The Morgan fingerprint density at radius 3 is 2.09 bits per heavy atom. The molecule has 0 bridgehead atoms. The first-order chi connectivity index (χ1) is 16.6. The van der Waals surface area contributed by atoms with E-state index in [-0.39, 0.29) is 54.7 Å². The molecule has 0 radical (unpaired) electrons. The number of sulfonamides is 1. The number of imide groups is 1. The van der Waals surface area contributed by atoms with Gasteiger partial charge < -0.3 is 9.64 Å². The van der Waals surface area contributed by atoms with Crippen LogP contribution in [0, 0.1) is 11.8 Å². The van der Waals surface area contributed by atoms with Gasteiger partial charge in [-0.3, -0.25) is 19.3 Å². The molecule has 4 rings (SSSR count). The van der Waals surface area contributed by atoms with Gasteiger partial charge in [-0.25, -0.2) is 13.2 Å². The van der Waals surface area contributed by atoms with Crippen LogP contribution in [0.2, 0.25) is 5.02 Å². The second-order valence-electron chi connectivity index (χ2n) is 9.07. The molecule has 0 spiro atoms. The number of amides is 3. The van der Waals surface area contributed by atoms with E-state index in [4.69, 9.17) is 16.3 Å². The number of carbonyl (C=O) groups is 4. The Kier molecular flexibility index (Phi) is 7.48. The molecule has 3 fully saturated rings. The molecule has 3 atom stereocenters. The number of piperazine rings is 1. The van der Waals surface area contributed by atoms with E-state index in [0.717, 1.165) is 17.7 Å². The van der Waals surface area contributed by atoms with Crippen molar-refractivity contribution in [3.05, 3.63) is 29.3 Å². The summed E-state index contributed by atoms with van der Waals surface area (Å²) >= 11 is 5.83. The lowest BCUT2D eigenvalue weighted by atomic mass is 9.81. The second-order valence-corrected chi connectivity index (χ2v) is 11.4. The minimum Gasteiger partial charge on any atom is -0.454 e. The Labute approximate surface area is 209 Å². The molecular formula is C23H28ClN3O7S. The Bertz CT molecular complexity index is 1090. The maximum Gasteiger partial charge on any atom is 0.329 e. The van der Waals surface area contributed by atoms with E-state index in [2.05, 4.69) is 0 Å². The van der Waals surface area contributed by atoms with Crippen molar-refractivity contribution < 1.29 is 32.3 Å². The van der Waals surface area contributed by atoms with Crippen LogP contribution in [-0.2, 0) is 33.9 Å². The first kappa shape index (κ1) is 25.6. The van der Waals surface area contributed by atoms with E-state index in [1.807, 2.05) is 0 Å². The van der Waals surface area contributed by atoms with Gasteiger partial charge in [-0.15, -0.1) is 0 Å². The first-order valence-corrected chi connectivity index (χ1v) is 13.5. The van der Waals surface area contributed by atoms with Gasteiger partial charge in [-0.2, -0.15) is 4.31 Å². The average molecular weight is 526 g/mol. The number of hydrogen-bond acceptors (Lipinski definition) is 7. The first-order valence-electron chi connectivity index (χ1n) is 11.7. The molecule has 2 aliphatic heterocycles. The van der Waals surface area contributed by atoms with Crippen molar-refractivity contribution in [3.8, 4) is 0 Å². The number of fused-ring (bicyclic) bond motifs is 1. The molecule has 1 saturated carbocycles. The third-order valence-electron chi connectivity index (χ3n) is 6.98. The lowest BCUT2D eigenvalue weighted by Gasteiger charge is -2.34. The van der Waals surface area contributed by atoms with Crippen molar-refractivity contribution in [2.45, 2.75) is 43.5 Å². The van der Waals surface area contributed by atoms with Crippen LogP contribution >= 0.6 is 11.6 Å². The normalized spacial score (nSPS) is 24.3. The maximum atomic E-state index is 12.8. The Hall–Kier alpha value is -2.50. The smallest absolute Gasteiger partial charge is 0.329 e. The Morgan fingerprint density at radius 1 is 1.00 bits per heavy atom. The predicted octanol–water partition coefficient (Wildman–Crippen LogP) is 1.28. The van der Waals surface area contributed by atoms with E-state index in [0.29, 0.717) is 17.9 Å². The standard InChI is InChI=1S/C23H28ClN3O7S/c1-15(27-21(29)18-4-2-3-5-19(18)22(27)30)23(31)34-14-20(28)25-10-12-26(13-11-25)35(32,33)17-8-6-16(24)7-9-17/h6-9,15,18-19H,2-5,10-14H2,1H3/t15-,18?,19?/m0/s1. The fourth-order valence-corrected chi connectivity index (χ4v) is 6.50. The number of hydrogen-bond donors (Lipinski definition) is 0. The molecule has 1 aliphatic carbocycles. The summed E-state index contributed by atoms with van der Waals surface area (Å²) in [6.07, 6.45) is 3.06. The number of carbonyl (C=O) groups excluding carboxylic acids is 4. The van der Waals surface area contributed by atoms with Crippen molar-refractivity contribution in [2.24, 2.45) is 11.8 Å². The predicted molar refractivity (Wildman–Crippen MR) is 125 cm³/mol. The van der Waals surface area contributed by atoms with E-state index < -0.39 is 34.5 Å². The quantitative estimate of drug-likeness (QED) is 0.405. The SMILES string of the molecule is C[C@@H](C(=O)OCC(=O)N1CCN(S(=O)(=O)c2ccc(Cl)cc2)CC1)N1C(=O)C2CCCCC2C1=O. The van der Waals surface area contributed by atoms with Crippen LogP contribution in [0.4, 0.5) is 0 Å². The molecule has 2 heterocycles. The Balaban J connectivity index is 1.28. The van der Waals surface area contributed by atoms with Gasteiger partial charge in [-0.1, -0.05) is 24.4 Å². The summed E-state index contributed by atoms with van der Waals surface area (Å²) in [6.45, 7) is 1.37. The lowest BCUT2D eigenvalue weighted by molar-refractivity contribution is -0.161. The number of ether oxygens (including phenoxy) is 1. The summed E-state index contributed by atoms with van der Waals surface area (Å²) in [5, 5.41) is 0.431.